The molecule has 1 aliphatic rings. The second-order valence-corrected chi connectivity index (χ2v) is 4.02. The van der Waals surface area contributed by atoms with Crippen LogP contribution in [0.1, 0.15) is 32.6 Å². The third-order valence-corrected chi connectivity index (χ3v) is 2.46. The van der Waals surface area contributed by atoms with Crippen LogP contribution >= 0.6 is 0 Å². The van der Waals surface area contributed by atoms with E-state index in [9.17, 15) is 13.2 Å². The average Bonchev–Trinajstić information content (AvgIpc) is 2.17. The molecule has 0 bridgehead atoms. The zero-order valence-corrected chi connectivity index (χ0v) is 9.35. The minimum Gasteiger partial charge on any atom is -0.378 e. The summed E-state index contributed by atoms with van der Waals surface area (Å²) in [6, 6.07) is -0.0346. The first-order chi connectivity index (χ1) is 7.51. The lowest BCUT2D eigenvalue weighted by Gasteiger charge is -2.29. The number of alkyl halides is 3. The van der Waals surface area contributed by atoms with E-state index in [0.29, 0.717) is 19.4 Å². The van der Waals surface area contributed by atoms with Crippen molar-refractivity contribution in [1.29, 1.82) is 0 Å². The lowest BCUT2D eigenvalue weighted by molar-refractivity contribution is -0.196. The second kappa shape index (κ2) is 6.42. The van der Waals surface area contributed by atoms with E-state index < -0.39 is 12.8 Å². The molecule has 16 heavy (non-hydrogen) atoms. The van der Waals surface area contributed by atoms with E-state index in [1.54, 1.807) is 0 Å². The molecule has 1 saturated heterocycles. The van der Waals surface area contributed by atoms with Crippen molar-refractivity contribution in [1.82, 2.24) is 5.48 Å². The summed E-state index contributed by atoms with van der Waals surface area (Å²) < 4.78 is 40.9. The molecule has 0 radical (unpaired) electrons. The van der Waals surface area contributed by atoms with Crippen molar-refractivity contribution in [2.75, 3.05) is 13.2 Å². The molecule has 1 fully saturated rings. The van der Waals surface area contributed by atoms with Gasteiger partial charge in [0.1, 0.15) is 0 Å². The van der Waals surface area contributed by atoms with Crippen molar-refractivity contribution in [3.05, 3.63) is 0 Å². The van der Waals surface area contributed by atoms with E-state index in [4.69, 9.17) is 4.74 Å². The number of hydroxylamine groups is 1. The van der Waals surface area contributed by atoms with Crippen molar-refractivity contribution < 1.29 is 22.7 Å². The smallest absolute Gasteiger partial charge is 0.378 e. The number of rotatable bonds is 5. The van der Waals surface area contributed by atoms with E-state index in [-0.39, 0.29) is 12.1 Å². The minimum atomic E-state index is -4.28. The summed E-state index contributed by atoms with van der Waals surface area (Å²) >= 11 is 0. The van der Waals surface area contributed by atoms with Crippen LogP contribution in [0.4, 0.5) is 13.2 Å². The van der Waals surface area contributed by atoms with Gasteiger partial charge in [0.2, 0.25) is 0 Å². The molecule has 0 amide bonds. The first kappa shape index (κ1) is 13.7. The van der Waals surface area contributed by atoms with Crippen molar-refractivity contribution in [2.24, 2.45) is 0 Å². The molecule has 1 heterocycles. The van der Waals surface area contributed by atoms with E-state index in [1.165, 1.54) is 0 Å². The van der Waals surface area contributed by atoms with E-state index in [0.717, 1.165) is 12.8 Å². The molecule has 0 aromatic rings. The van der Waals surface area contributed by atoms with Gasteiger partial charge >= 0.3 is 6.18 Å². The van der Waals surface area contributed by atoms with Gasteiger partial charge in [0, 0.05) is 12.6 Å². The summed E-state index contributed by atoms with van der Waals surface area (Å²) in [5.74, 6) is 0. The Hall–Kier alpha value is -0.330. The van der Waals surface area contributed by atoms with Gasteiger partial charge in [-0.1, -0.05) is 13.3 Å². The molecule has 2 unspecified atom stereocenters. The van der Waals surface area contributed by atoms with Crippen LogP contribution in [0.3, 0.4) is 0 Å². The average molecular weight is 241 g/mol. The topological polar surface area (TPSA) is 30.5 Å². The fraction of sp³-hybridized carbons (Fsp3) is 1.00. The van der Waals surface area contributed by atoms with Gasteiger partial charge in [0.15, 0.2) is 6.61 Å². The van der Waals surface area contributed by atoms with Crippen LogP contribution in [0, 0.1) is 0 Å². The Morgan fingerprint density at radius 3 is 2.81 bits per heavy atom. The van der Waals surface area contributed by atoms with E-state index in [1.807, 2.05) is 0 Å². The van der Waals surface area contributed by atoms with Crippen molar-refractivity contribution in [3.8, 4) is 0 Å². The minimum absolute atomic E-state index is 0.0346. The summed E-state index contributed by atoms with van der Waals surface area (Å²) in [5, 5.41) is 0. The van der Waals surface area contributed by atoms with Crippen LogP contribution in [0.15, 0.2) is 0 Å². The van der Waals surface area contributed by atoms with Gasteiger partial charge in [-0.05, 0) is 19.3 Å². The molecule has 3 nitrogen and oxygen atoms in total. The molecule has 0 saturated carbocycles. The molecule has 0 aromatic heterocycles. The van der Waals surface area contributed by atoms with Crippen molar-refractivity contribution in [2.45, 2.75) is 50.9 Å². The highest BCUT2D eigenvalue weighted by molar-refractivity contribution is 4.74. The SMILES string of the molecule is CCCC1CC(NOCC(F)(F)F)CCO1. The van der Waals surface area contributed by atoms with Gasteiger partial charge in [-0.15, -0.1) is 0 Å². The van der Waals surface area contributed by atoms with Crippen LogP contribution in [0.2, 0.25) is 0 Å². The molecule has 1 rings (SSSR count). The van der Waals surface area contributed by atoms with Gasteiger partial charge in [-0.3, -0.25) is 4.84 Å². The highest BCUT2D eigenvalue weighted by atomic mass is 19.4. The van der Waals surface area contributed by atoms with Gasteiger partial charge in [-0.2, -0.15) is 18.7 Å². The molecule has 1 N–H and O–H groups in total. The molecular weight excluding hydrogens is 223 g/mol. The van der Waals surface area contributed by atoms with Gasteiger partial charge < -0.3 is 4.74 Å². The third-order valence-electron chi connectivity index (χ3n) is 2.46. The monoisotopic (exact) mass is 241 g/mol. The lowest BCUT2D eigenvalue weighted by Crippen LogP contribution is -2.40. The molecule has 0 aliphatic carbocycles. The highest BCUT2D eigenvalue weighted by Gasteiger charge is 2.29. The van der Waals surface area contributed by atoms with Crippen LogP contribution in [0.25, 0.3) is 0 Å². The maximum atomic E-state index is 11.8. The third kappa shape index (κ3) is 5.67. The molecule has 2 atom stereocenters. The number of ether oxygens (including phenoxy) is 1. The predicted octanol–water partition coefficient (Wildman–Crippen LogP) is 2.42. The van der Waals surface area contributed by atoms with E-state index >= 15 is 0 Å². The molecule has 0 spiro atoms. The number of nitrogens with one attached hydrogen (secondary N) is 1. The standard InChI is InChI=1S/C10H18F3NO2/c1-2-3-9-6-8(4-5-15-9)14-16-7-10(11,12)13/h8-9,14H,2-7H2,1H3. The Morgan fingerprint density at radius 2 is 2.19 bits per heavy atom. The number of hydrogen-bond donors (Lipinski definition) is 1. The van der Waals surface area contributed by atoms with Gasteiger partial charge in [0.05, 0.1) is 6.10 Å². The quantitative estimate of drug-likeness (QED) is 0.750. The fourth-order valence-corrected chi connectivity index (χ4v) is 1.75. The molecule has 96 valence electrons. The second-order valence-electron chi connectivity index (χ2n) is 4.02. The summed E-state index contributed by atoms with van der Waals surface area (Å²) in [6.45, 7) is 1.39. The van der Waals surface area contributed by atoms with Crippen LogP contribution in [0.5, 0.6) is 0 Å². The summed E-state index contributed by atoms with van der Waals surface area (Å²) in [6.07, 6.45) is -0.769. The molecule has 1 aliphatic heterocycles. The zero-order valence-electron chi connectivity index (χ0n) is 9.35. The number of hydrogen-bond acceptors (Lipinski definition) is 3. The maximum absolute atomic E-state index is 11.8. The Bertz CT molecular complexity index is 197. The summed E-state index contributed by atoms with van der Waals surface area (Å²) in [4.78, 5) is 4.43. The largest absolute Gasteiger partial charge is 0.413 e. The van der Waals surface area contributed by atoms with Crippen molar-refractivity contribution in [3.63, 3.8) is 0 Å². The normalized spacial score (nSPS) is 27.0. The van der Waals surface area contributed by atoms with Crippen LogP contribution < -0.4 is 5.48 Å². The first-order valence-electron chi connectivity index (χ1n) is 5.57. The molecular formula is C10H18F3NO2. The summed E-state index contributed by atoms with van der Waals surface area (Å²) in [7, 11) is 0. The van der Waals surface area contributed by atoms with Crippen LogP contribution in [-0.2, 0) is 9.57 Å². The summed E-state index contributed by atoms with van der Waals surface area (Å²) in [5.41, 5.74) is 2.47. The first-order valence-corrected chi connectivity index (χ1v) is 5.57. The Kier molecular flexibility index (Phi) is 5.51. The molecule has 0 aromatic carbocycles. The van der Waals surface area contributed by atoms with Crippen molar-refractivity contribution >= 4 is 0 Å². The predicted molar refractivity (Wildman–Crippen MR) is 52.8 cm³/mol. The molecule has 6 heteroatoms. The maximum Gasteiger partial charge on any atom is 0.413 e. The fourth-order valence-electron chi connectivity index (χ4n) is 1.75. The Labute approximate surface area is 93.2 Å². The van der Waals surface area contributed by atoms with Gasteiger partial charge in [-0.25, -0.2) is 0 Å². The van der Waals surface area contributed by atoms with E-state index in [2.05, 4.69) is 17.2 Å². The zero-order chi connectivity index (χ0) is 12.0. The van der Waals surface area contributed by atoms with Crippen LogP contribution in [-0.4, -0.2) is 31.5 Å². The Balaban J connectivity index is 2.16. The number of halogens is 3. The highest BCUT2D eigenvalue weighted by Crippen LogP contribution is 2.19. The lowest BCUT2D eigenvalue weighted by atomic mass is 10.0. The Morgan fingerprint density at radius 1 is 1.44 bits per heavy atom. The van der Waals surface area contributed by atoms with Gasteiger partial charge in [0.25, 0.3) is 0 Å².